The van der Waals surface area contributed by atoms with E-state index in [9.17, 15) is 0 Å². The maximum absolute atomic E-state index is 6.03. The number of nitrogen functional groups attached to an aromatic ring is 1. The quantitative estimate of drug-likeness (QED) is 0.900. The second-order valence-corrected chi connectivity index (χ2v) is 5.29. The molecular weight excluding hydrogens is 224 g/mol. The third-order valence-electron chi connectivity index (χ3n) is 3.58. The highest BCUT2D eigenvalue weighted by atomic mass is 15.2. The Balaban J connectivity index is 2.40. The molecule has 2 aromatic rings. The van der Waals surface area contributed by atoms with E-state index in [1.807, 2.05) is 19.2 Å². The van der Waals surface area contributed by atoms with E-state index in [1.54, 1.807) is 0 Å². The highest BCUT2D eigenvalue weighted by Gasteiger charge is 2.16. The van der Waals surface area contributed by atoms with Crippen LogP contribution in [0.15, 0.2) is 12.3 Å². The van der Waals surface area contributed by atoms with Crippen molar-refractivity contribution in [2.24, 2.45) is 5.92 Å². The van der Waals surface area contributed by atoms with Gasteiger partial charge in [0.15, 0.2) is 5.65 Å². The molecule has 4 heteroatoms. The molecule has 0 bridgehead atoms. The van der Waals surface area contributed by atoms with Gasteiger partial charge in [-0.05, 0) is 37.8 Å². The van der Waals surface area contributed by atoms with E-state index < -0.39 is 0 Å². The largest absolute Gasteiger partial charge is 0.369 e. The molecule has 0 aliphatic rings. The zero-order valence-electron chi connectivity index (χ0n) is 11.6. The van der Waals surface area contributed by atoms with E-state index in [-0.39, 0.29) is 0 Å². The molecule has 0 aliphatic carbocycles. The van der Waals surface area contributed by atoms with Gasteiger partial charge >= 0.3 is 0 Å². The van der Waals surface area contributed by atoms with E-state index in [0.29, 0.717) is 17.9 Å². The molecule has 0 spiro atoms. The molecule has 2 atom stereocenters. The Kier molecular flexibility index (Phi) is 3.55. The first kappa shape index (κ1) is 12.9. The van der Waals surface area contributed by atoms with Crippen molar-refractivity contribution in [2.75, 3.05) is 5.73 Å². The molecule has 4 nitrogen and oxygen atoms in total. The van der Waals surface area contributed by atoms with Gasteiger partial charge in [-0.15, -0.1) is 0 Å². The first-order valence-electron chi connectivity index (χ1n) is 6.63. The summed E-state index contributed by atoms with van der Waals surface area (Å²) in [4.78, 5) is 8.88. The number of nitrogens with two attached hydrogens (primary N) is 1. The number of fused-ring (bicyclic) bond motifs is 1. The van der Waals surface area contributed by atoms with Crippen LogP contribution in [0.5, 0.6) is 0 Å². The monoisotopic (exact) mass is 246 g/mol. The zero-order chi connectivity index (χ0) is 13.3. The van der Waals surface area contributed by atoms with E-state index in [4.69, 9.17) is 5.73 Å². The number of hydrogen-bond acceptors (Lipinski definition) is 3. The summed E-state index contributed by atoms with van der Waals surface area (Å²) < 4.78 is 2.06. The first-order valence-corrected chi connectivity index (χ1v) is 6.63. The zero-order valence-corrected chi connectivity index (χ0v) is 11.6. The summed E-state index contributed by atoms with van der Waals surface area (Å²) in [6.07, 6.45) is 4.15. The van der Waals surface area contributed by atoms with Gasteiger partial charge in [0, 0.05) is 12.2 Å². The molecule has 0 saturated heterocycles. The van der Waals surface area contributed by atoms with Crippen molar-refractivity contribution in [3.8, 4) is 0 Å². The minimum atomic E-state index is 0.333. The Morgan fingerprint density at radius 1 is 1.39 bits per heavy atom. The predicted octanol–water partition coefficient (Wildman–Crippen LogP) is 3.32. The van der Waals surface area contributed by atoms with Crippen LogP contribution in [0.4, 0.5) is 5.95 Å². The molecule has 2 aromatic heterocycles. The summed E-state index contributed by atoms with van der Waals surface area (Å²) in [5.74, 6) is 1.25. The van der Waals surface area contributed by atoms with Gasteiger partial charge in [-0.1, -0.05) is 20.3 Å². The number of rotatable bonds is 4. The van der Waals surface area contributed by atoms with Crippen LogP contribution in [0.3, 0.4) is 0 Å². The van der Waals surface area contributed by atoms with Gasteiger partial charge in [-0.2, -0.15) is 0 Å². The molecule has 0 aliphatic heterocycles. The Hall–Kier alpha value is -1.58. The van der Waals surface area contributed by atoms with Crippen LogP contribution in [-0.2, 0) is 0 Å². The molecule has 2 unspecified atom stereocenters. The lowest BCUT2D eigenvalue weighted by Gasteiger charge is -2.18. The SMILES string of the molecule is CCC(C)CC(C)n1c(N)nc2cc(C)cnc21. The number of aryl methyl sites for hydroxylation is 1. The Bertz CT molecular complexity index is 544. The van der Waals surface area contributed by atoms with Crippen molar-refractivity contribution in [2.45, 2.75) is 46.6 Å². The number of anilines is 1. The maximum atomic E-state index is 6.03. The summed E-state index contributed by atoms with van der Waals surface area (Å²) in [5, 5.41) is 0. The second-order valence-electron chi connectivity index (χ2n) is 5.29. The summed E-state index contributed by atoms with van der Waals surface area (Å²) in [6, 6.07) is 2.37. The summed E-state index contributed by atoms with van der Waals surface area (Å²) in [6.45, 7) is 8.69. The number of aromatic nitrogens is 3. The minimum Gasteiger partial charge on any atom is -0.369 e. The van der Waals surface area contributed by atoms with Gasteiger partial charge in [0.2, 0.25) is 5.95 Å². The number of imidazole rings is 1. The van der Waals surface area contributed by atoms with Crippen LogP contribution < -0.4 is 5.73 Å². The third-order valence-corrected chi connectivity index (χ3v) is 3.58. The fourth-order valence-corrected chi connectivity index (χ4v) is 2.39. The molecule has 0 saturated carbocycles. The molecule has 2 heterocycles. The van der Waals surface area contributed by atoms with Crippen molar-refractivity contribution in [1.29, 1.82) is 0 Å². The van der Waals surface area contributed by atoms with Crippen LogP contribution >= 0.6 is 0 Å². The van der Waals surface area contributed by atoms with E-state index in [0.717, 1.165) is 23.1 Å². The van der Waals surface area contributed by atoms with Crippen LogP contribution in [0.2, 0.25) is 0 Å². The molecule has 2 N–H and O–H groups in total. The second kappa shape index (κ2) is 4.96. The summed E-state index contributed by atoms with van der Waals surface area (Å²) >= 11 is 0. The summed E-state index contributed by atoms with van der Waals surface area (Å²) in [5.41, 5.74) is 8.94. The van der Waals surface area contributed by atoms with Crippen LogP contribution in [0.25, 0.3) is 11.2 Å². The standard InChI is InChI=1S/C14H22N4/c1-5-9(2)6-11(4)18-13-12(17-14(18)15)7-10(3)8-16-13/h7-9,11H,5-6H2,1-4H3,(H2,15,17). The van der Waals surface area contributed by atoms with Crippen molar-refractivity contribution in [1.82, 2.24) is 14.5 Å². The highest BCUT2D eigenvalue weighted by Crippen LogP contribution is 2.26. The Morgan fingerprint density at radius 2 is 2.11 bits per heavy atom. The number of pyridine rings is 1. The molecular formula is C14H22N4. The lowest BCUT2D eigenvalue weighted by Crippen LogP contribution is -2.12. The molecule has 98 valence electrons. The smallest absolute Gasteiger partial charge is 0.202 e. The van der Waals surface area contributed by atoms with Crippen molar-refractivity contribution < 1.29 is 0 Å². The van der Waals surface area contributed by atoms with Gasteiger partial charge < -0.3 is 5.73 Å². The number of nitrogens with zero attached hydrogens (tertiary/aromatic N) is 3. The third kappa shape index (κ3) is 2.33. The molecule has 0 fully saturated rings. The van der Waals surface area contributed by atoms with Crippen molar-refractivity contribution in [3.05, 3.63) is 17.8 Å². The van der Waals surface area contributed by atoms with Crippen LogP contribution in [-0.4, -0.2) is 14.5 Å². The highest BCUT2D eigenvalue weighted by molar-refractivity contribution is 5.74. The first-order chi connectivity index (χ1) is 8.52. The fourth-order valence-electron chi connectivity index (χ4n) is 2.39. The lowest BCUT2D eigenvalue weighted by atomic mass is 10.0. The summed E-state index contributed by atoms with van der Waals surface area (Å²) in [7, 11) is 0. The van der Waals surface area contributed by atoms with Gasteiger partial charge in [0.1, 0.15) is 5.52 Å². The fraction of sp³-hybridized carbons (Fsp3) is 0.571. The minimum absolute atomic E-state index is 0.333. The van der Waals surface area contributed by atoms with E-state index in [1.165, 1.54) is 6.42 Å². The Morgan fingerprint density at radius 3 is 2.78 bits per heavy atom. The van der Waals surface area contributed by atoms with Gasteiger partial charge in [-0.25, -0.2) is 9.97 Å². The van der Waals surface area contributed by atoms with Crippen LogP contribution in [0, 0.1) is 12.8 Å². The van der Waals surface area contributed by atoms with Gasteiger partial charge in [0.25, 0.3) is 0 Å². The topological polar surface area (TPSA) is 56.7 Å². The van der Waals surface area contributed by atoms with Crippen LogP contribution in [0.1, 0.15) is 45.2 Å². The predicted molar refractivity (Wildman–Crippen MR) is 75.5 cm³/mol. The molecule has 0 amide bonds. The normalized spacial score (nSPS) is 14.9. The molecule has 0 aromatic carbocycles. The number of hydrogen-bond donors (Lipinski definition) is 1. The maximum Gasteiger partial charge on any atom is 0.202 e. The molecule has 0 radical (unpaired) electrons. The lowest BCUT2D eigenvalue weighted by molar-refractivity contribution is 0.406. The Labute approximate surface area is 108 Å². The van der Waals surface area contributed by atoms with Gasteiger partial charge in [0.05, 0.1) is 0 Å². The van der Waals surface area contributed by atoms with Crippen molar-refractivity contribution >= 4 is 17.1 Å². The molecule has 18 heavy (non-hydrogen) atoms. The molecule has 2 rings (SSSR count). The average molecular weight is 246 g/mol. The average Bonchev–Trinajstić information content (AvgIpc) is 2.63. The van der Waals surface area contributed by atoms with E-state index in [2.05, 4.69) is 35.3 Å². The van der Waals surface area contributed by atoms with Crippen molar-refractivity contribution in [3.63, 3.8) is 0 Å². The van der Waals surface area contributed by atoms with Gasteiger partial charge in [-0.3, -0.25) is 4.57 Å². The van der Waals surface area contributed by atoms with E-state index >= 15 is 0 Å².